The lowest BCUT2D eigenvalue weighted by atomic mass is 9.84. The van der Waals surface area contributed by atoms with Crippen LogP contribution in [0.2, 0.25) is 0 Å². The molecule has 2 atom stereocenters. The molecule has 1 aromatic rings. The lowest BCUT2D eigenvalue weighted by molar-refractivity contribution is -0.146. The van der Waals surface area contributed by atoms with Gasteiger partial charge in [0.15, 0.2) is 17.5 Å². The fourth-order valence-electron chi connectivity index (χ4n) is 3.29. The lowest BCUT2D eigenvalue weighted by Gasteiger charge is -2.37. The highest BCUT2D eigenvalue weighted by Crippen LogP contribution is 2.28. The fourth-order valence-corrected chi connectivity index (χ4v) is 3.29. The number of nitrogens with zero attached hydrogens (tertiary/aromatic N) is 1. The molecule has 1 amide bonds. The zero-order chi connectivity index (χ0) is 20.1. The van der Waals surface area contributed by atoms with Crippen molar-refractivity contribution in [1.82, 2.24) is 4.90 Å². The molecule has 1 aliphatic rings. The Morgan fingerprint density at radius 2 is 1.85 bits per heavy atom. The van der Waals surface area contributed by atoms with E-state index >= 15 is 0 Å². The van der Waals surface area contributed by atoms with Gasteiger partial charge in [0, 0.05) is 18.5 Å². The van der Waals surface area contributed by atoms with E-state index in [-0.39, 0.29) is 43.8 Å². The van der Waals surface area contributed by atoms with Crippen LogP contribution in [-0.4, -0.2) is 47.0 Å². The summed E-state index contributed by atoms with van der Waals surface area (Å²) in [5, 5.41) is 9.34. The number of rotatable bonds is 6. The number of piperidine rings is 1. The Morgan fingerprint density at radius 3 is 2.41 bits per heavy atom. The Morgan fingerprint density at radius 1 is 1.22 bits per heavy atom. The number of Topliss-reactive ketones (excluding diaryl/α,β-unsaturated/α-hetero) is 1. The SMILES string of the molecule is CCOC(=O)CC(=O)C1CCN(C(=O)O)C(Cc2cc(F)c(F)c(F)c2)C1. The maximum Gasteiger partial charge on any atom is 0.407 e. The van der Waals surface area contributed by atoms with Crippen LogP contribution in [-0.2, 0) is 20.7 Å². The number of benzene rings is 1. The van der Waals surface area contributed by atoms with Crippen molar-refractivity contribution in [1.29, 1.82) is 0 Å². The molecule has 1 aromatic carbocycles. The van der Waals surface area contributed by atoms with E-state index in [0.717, 1.165) is 17.0 Å². The second kappa shape index (κ2) is 8.88. The zero-order valence-electron chi connectivity index (χ0n) is 14.7. The van der Waals surface area contributed by atoms with Gasteiger partial charge in [-0.3, -0.25) is 9.59 Å². The van der Waals surface area contributed by atoms with Crippen molar-refractivity contribution in [2.45, 2.75) is 38.6 Å². The van der Waals surface area contributed by atoms with Crippen molar-refractivity contribution in [2.24, 2.45) is 5.92 Å². The molecule has 1 heterocycles. The highest BCUT2D eigenvalue weighted by atomic mass is 19.2. The van der Waals surface area contributed by atoms with Crippen molar-refractivity contribution in [2.75, 3.05) is 13.2 Å². The van der Waals surface area contributed by atoms with Crippen LogP contribution < -0.4 is 0 Å². The van der Waals surface area contributed by atoms with E-state index in [0.29, 0.717) is 0 Å². The molecule has 9 heteroatoms. The van der Waals surface area contributed by atoms with Crippen molar-refractivity contribution in [3.05, 3.63) is 35.1 Å². The summed E-state index contributed by atoms with van der Waals surface area (Å²) < 4.78 is 44.7. The standard InChI is InChI=1S/C18H20F3NO5/c1-2-27-16(24)9-15(23)11-3-4-22(18(25)26)12(8-11)5-10-6-13(19)17(21)14(20)7-10/h6-7,11-12H,2-5,8-9H2,1H3,(H,25,26). The van der Waals surface area contributed by atoms with Crippen molar-refractivity contribution in [3.8, 4) is 0 Å². The Bertz CT molecular complexity index is 717. The number of ketones is 1. The summed E-state index contributed by atoms with van der Waals surface area (Å²) in [6, 6.07) is 0.891. The fraction of sp³-hybridized carbons (Fsp3) is 0.500. The molecule has 0 spiro atoms. The number of halogens is 3. The van der Waals surface area contributed by atoms with Gasteiger partial charge in [0.1, 0.15) is 12.2 Å². The van der Waals surface area contributed by atoms with E-state index in [2.05, 4.69) is 0 Å². The third kappa shape index (κ3) is 5.21. The van der Waals surface area contributed by atoms with Gasteiger partial charge in [-0.2, -0.15) is 0 Å². The van der Waals surface area contributed by atoms with Crippen molar-refractivity contribution in [3.63, 3.8) is 0 Å². The third-order valence-corrected chi connectivity index (χ3v) is 4.56. The molecule has 1 fully saturated rings. The van der Waals surface area contributed by atoms with E-state index in [1.807, 2.05) is 0 Å². The summed E-state index contributed by atoms with van der Waals surface area (Å²) in [7, 11) is 0. The molecule has 0 aromatic heterocycles. The number of amides is 1. The summed E-state index contributed by atoms with van der Waals surface area (Å²) >= 11 is 0. The van der Waals surface area contributed by atoms with Gasteiger partial charge in [0.25, 0.3) is 0 Å². The molecule has 148 valence electrons. The van der Waals surface area contributed by atoms with Crippen LogP contribution in [0.5, 0.6) is 0 Å². The number of carbonyl (C=O) groups is 3. The number of hydrogen-bond donors (Lipinski definition) is 1. The maximum atomic E-state index is 13.4. The summed E-state index contributed by atoms with van der Waals surface area (Å²) in [4.78, 5) is 36.3. The second-order valence-electron chi connectivity index (χ2n) is 6.38. The number of carboxylic acid groups (broad SMARTS) is 1. The van der Waals surface area contributed by atoms with Crippen LogP contribution >= 0.6 is 0 Å². The first-order valence-corrected chi connectivity index (χ1v) is 8.54. The first-order valence-electron chi connectivity index (χ1n) is 8.54. The van der Waals surface area contributed by atoms with Crippen LogP contribution in [0.15, 0.2) is 12.1 Å². The summed E-state index contributed by atoms with van der Waals surface area (Å²) in [6.45, 7) is 1.81. The number of likely N-dealkylation sites (tertiary alicyclic amines) is 1. The molecule has 0 bridgehead atoms. The molecular formula is C18H20F3NO5. The Labute approximate surface area is 153 Å². The van der Waals surface area contributed by atoms with Gasteiger partial charge in [0.05, 0.1) is 6.61 Å². The van der Waals surface area contributed by atoms with E-state index < -0.39 is 47.9 Å². The number of ether oxygens (including phenoxy) is 1. The number of esters is 1. The molecular weight excluding hydrogens is 367 g/mol. The summed E-state index contributed by atoms with van der Waals surface area (Å²) in [5.74, 6) is -5.90. The summed E-state index contributed by atoms with van der Waals surface area (Å²) in [5.41, 5.74) is 0.0844. The minimum absolute atomic E-state index is 0.0470. The number of carbonyl (C=O) groups excluding carboxylic acids is 2. The van der Waals surface area contributed by atoms with Crippen molar-refractivity contribution >= 4 is 17.8 Å². The van der Waals surface area contributed by atoms with Gasteiger partial charge < -0.3 is 14.7 Å². The first kappa shape index (κ1) is 20.7. The topological polar surface area (TPSA) is 83.9 Å². The molecule has 0 radical (unpaired) electrons. The van der Waals surface area contributed by atoms with Gasteiger partial charge in [-0.05, 0) is 43.9 Å². The zero-order valence-corrected chi connectivity index (χ0v) is 14.7. The maximum absolute atomic E-state index is 13.4. The third-order valence-electron chi connectivity index (χ3n) is 4.56. The molecule has 6 nitrogen and oxygen atoms in total. The molecule has 2 rings (SSSR count). The molecule has 2 unspecified atom stereocenters. The van der Waals surface area contributed by atoms with Gasteiger partial charge in [-0.15, -0.1) is 0 Å². The van der Waals surface area contributed by atoms with Crippen LogP contribution in [0.1, 0.15) is 31.7 Å². The molecule has 1 saturated heterocycles. The van der Waals surface area contributed by atoms with Crippen LogP contribution in [0.3, 0.4) is 0 Å². The van der Waals surface area contributed by atoms with Crippen LogP contribution in [0.4, 0.5) is 18.0 Å². The normalized spacial score (nSPS) is 19.6. The molecule has 0 aliphatic carbocycles. The predicted octanol–water partition coefficient (Wildman–Crippen LogP) is 2.93. The largest absolute Gasteiger partial charge is 0.466 e. The number of hydrogen-bond acceptors (Lipinski definition) is 4. The minimum atomic E-state index is -1.60. The average Bonchev–Trinajstić information content (AvgIpc) is 2.59. The predicted molar refractivity (Wildman–Crippen MR) is 87.5 cm³/mol. The molecule has 1 aliphatic heterocycles. The van der Waals surface area contributed by atoms with E-state index in [9.17, 15) is 32.7 Å². The Balaban J connectivity index is 2.14. The molecule has 1 N–H and O–H groups in total. The van der Waals surface area contributed by atoms with Crippen LogP contribution in [0, 0.1) is 23.4 Å². The first-order chi connectivity index (χ1) is 12.7. The average molecular weight is 387 g/mol. The summed E-state index contributed by atoms with van der Waals surface area (Å²) in [6.07, 6.45) is -1.36. The minimum Gasteiger partial charge on any atom is -0.466 e. The van der Waals surface area contributed by atoms with Gasteiger partial charge in [0.2, 0.25) is 0 Å². The lowest BCUT2D eigenvalue weighted by Crippen LogP contribution is -2.48. The Kier molecular flexibility index (Phi) is 6.81. The highest BCUT2D eigenvalue weighted by molar-refractivity contribution is 5.96. The van der Waals surface area contributed by atoms with E-state index in [1.54, 1.807) is 6.92 Å². The van der Waals surface area contributed by atoms with Gasteiger partial charge in [-0.25, -0.2) is 18.0 Å². The monoisotopic (exact) mass is 387 g/mol. The quantitative estimate of drug-likeness (QED) is 0.461. The van der Waals surface area contributed by atoms with Gasteiger partial charge >= 0.3 is 12.1 Å². The van der Waals surface area contributed by atoms with Gasteiger partial charge in [-0.1, -0.05) is 0 Å². The van der Waals surface area contributed by atoms with Crippen molar-refractivity contribution < 1.29 is 37.4 Å². The Hall–Kier alpha value is -2.58. The molecule has 0 saturated carbocycles. The van der Waals surface area contributed by atoms with E-state index in [1.165, 1.54) is 0 Å². The highest BCUT2D eigenvalue weighted by Gasteiger charge is 2.35. The smallest absolute Gasteiger partial charge is 0.407 e. The molecule has 27 heavy (non-hydrogen) atoms. The van der Waals surface area contributed by atoms with Crippen LogP contribution in [0.25, 0.3) is 0 Å². The second-order valence-corrected chi connectivity index (χ2v) is 6.38. The van der Waals surface area contributed by atoms with E-state index in [4.69, 9.17) is 4.74 Å².